The Hall–Kier alpha value is -0.790. The minimum absolute atomic E-state index is 0. The number of nitrogens with one attached hydrogen (secondary N) is 1. The van der Waals surface area contributed by atoms with E-state index < -0.39 is 0 Å². The van der Waals surface area contributed by atoms with Gasteiger partial charge in [-0.2, -0.15) is 0 Å². The molecule has 1 amide bonds. The smallest absolute Gasteiger partial charge is 0.244 e. The molecular formula is C11H21IN4O. The van der Waals surface area contributed by atoms with Crippen LogP contribution in [-0.4, -0.2) is 42.9 Å². The summed E-state index contributed by atoms with van der Waals surface area (Å²) in [5, 5.41) is 2.89. The third-order valence-electron chi connectivity index (χ3n) is 2.41. The van der Waals surface area contributed by atoms with E-state index >= 15 is 0 Å². The van der Waals surface area contributed by atoms with E-state index in [1.165, 1.54) is 0 Å². The van der Waals surface area contributed by atoms with Crippen LogP contribution in [0.3, 0.4) is 0 Å². The highest BCUT2D eigenvalue weighted by Gasteiger charge is 2.16. The maximum atomic E-state index is 11.6. The first kappa shape index (κ1) is 16.2. The van der Waals surface area contributed by atoms with E-state index in [1.54, 1.807) is 0 Å². The molecule has 0 aliphatic carbocycles. The average Bonchev–Trinajstić information content (AvgIpc) is 2.76. The van der Waals surface area contributed by atoms with Crippen LogP contribution in [0.15, 0.2) is 17.1 Å². The number of carbonyl (C=O) groups is 1. The number of carbonyl (C=O) groups excluding carboxylic acids is 1. The Morgan fingerprint density at radius 2 is 2.06 bits per heavy atom. The first-order valence-electron chi connectivity index (χ1n) is 5.55. The highest BCUT2D eigenvalue weighted by molar-refractivity contribution is 14.0. The molecule has 17 heavy (non-hydrogen) atoms. The Morgan fingerprint density at radius 3 is 2.59 bits per heavy atom. The minimum Gasteiger partial charge on any atom is -0.370 e. The number of halogens is 1. The molecule has 0 aromatic rings. The molecule has 6 heteroatoms. The number of guanidine groups is 1. The van der Waals surface area contributed by atoms with Gasteiger partial charge in [0.05, 0.1) is 0 Å². The summed E-state index contributed by atoms with van der Waals surface area (Å²) in [5.74, 6) is 0.355. The molecule has 1 heterocycles. The molecular weight excluding hydrogens is 331 g/mol. The van der Waals surface area contributed by atoms with E-state index in [0.717, 1.165) is 31.5 Å². The Morgan fingerprint density at radius 1 is 1.47 bits per heavy atom. The van der Waals surface area contributed by atoms with Crippen LogP contribution in [0.5, 0.6) is 0 Å². The van der Waals surface area contributed by atoms with Crippen LogP contribution in [-0.2, 0) is 4.79 Å². The van der Waals surface area contributed by atoms with Gasteiger partial charge in [-0.15, -0.1) is 24.0 Å². The molecule has 0 aromatic carbocycles. The lowest BCUT2D eigenvalue weighted by Crippen LogP contribution is -2.35. The largest absolute Gasteiger partial charge is 0.370 e. The van der Waals surface area contributed by atoms with Crippen LogP contribution in [0.2, 0.25) is 0 Å². The van der Waals surface area contributed by atoms with Crippen molar-refractivity contribution >= 4 is 35.8 Å². The highest BCUT2D eigenvalue weighted by atomic mass is 127. The number of nitrogens with zero attached hydrogens (tertiary/aromatic N) is 2. The summed E-state index contributed by atoms with van der Waals surface area (Å²) in [6.07, 6.45) is 2.19. The Kier molecular flexibility index (Phi) is 7.94. The SMILES string of the molecule is C=C(C)CNC(N)=NCC(=O)N1CCCC1.I. The summed E-state index contributed by atoms with van der Waals surface area (Å²) in [6, 6.07) is 0. The molecule has 0 bridgehead atoms. The van der Waals surface area contributed by atoms with Crippen LogP contribution < -0.4 is 11.1 Å². The van der Waals surface area contributed by atoms with Crippen molar-refractivity contribution in [2.45, 2.75) is 19.8 Å². The maximum Gasteiger partial charge on any atom is 0.244 e. The van der Waals surface area contributed by atoms with E-state index in [4.69, 9.17) is 5.73 Å². The van der Waals surface area contributed by atoms with Crippen molar-refractivity contribution in [2.75, 3.05) is 26.2 Å². The standard InChI is InChI=1S/C11H20N4O.HI/c1-9(2)7-13-11(12)14-8-10(16)15-5-3-4-6-15;/h1,3-8H2,2H3,(H3,12,13,14);1H. The quantitative estimate of drug-likeness (QED) is 0.339. The van der Waals surface area contributed by atoms with Crippen molar-refractivity contribution < 1.29 is 4.79 Å². The Bertz CT molecular complexity index is 298. The number of rotatable bonds is 4. The summed E-state index contributed by atoms with van der Waals surface area (Å²) >= 11 is 0. The van der Waals surface area contributed by atoms with Crippen molar-refractivity contribution in [2.24, 2.45) is 10.7 Å². The first-order chi connectivity index (χ1) is 7.59. The van der Waals surface area contributed by atoms with Crippen molar-refractivity contribution in [3.8, 4) is 0 Å². The van der Waals surface area contributed by atoms with E-state index in [2.05, 4.69) is 16.9 Å². The second kappa shape index (κ2) is 8.32. The summed E-state index contributed by atoms with van der Waals surface area (Å²) in [6.45, 7) is 8.07. The molecule has 5 nitrogen and oxygen atoms in total. The zero-order chi connectivity index (χ0) is 12.0. The lowest BCUT2D eigenvalue weighted by Gasteiger charge is -2.13. The molecule has 0 aromatic heterocycles. The van der Waals surface area contributed by atoms with Gasteiger partial charge < -0.3 is 16.0 Å². The zero-order valence-electron chi connectivity index (χ0n) is 10.2. The Labute approximate surface area is 120 Å². The van der Waals surface area contributed by atoms with E-state index in [0.29, 0.717) is 12.5 Å². The number of amides is 1. The van der Waals surface area contributed by atoms with Gasteiger partial charge in [-0.3, -0.25) is 4.79 Å². The fourth-order valence-electron chi connectivity index (χ4n) is 1.52. The normalized spacial score (nSPS) is 15.4. The predicted molar refractivity (Wildman–Crippen MR) is 80.5 cm³/mol. The molecule has 1 fully saturated rings. The van der Waals surface area contributed by atoms with Crippen molar-refractivity contribution in [1.82, 2.24) is 10.2 Å². The fraction of sp³-hybridized carbons (Fsp3) is 0.636. The average molecular weight is 352 g/mol. The van der Waals surface area contributed by atoms with E-state index in [1.807, 2.05) is 11.8 Å². The Balaban J connectivity index is 0.00000256. The summed E-state index contributed by atoms with van der Waals surface area (Å²) < 4.78 is 0. The molecule has 1 aliphatic heterocycles. The van der Waals surface area contributed by atoms with Gasteiger partial charge in [0.25, 0.3) is 0 Å². The molecule has 0 saturated carbocycles. The molecule has 3 N–H and O–H groups in total. The van der Waals surface area contributed by atoms with Crippen molar-refractivity contribution in [3.63, 3.8) is 0 Å². The molecule has 1 saturated heterocycles. The van der Waals surface area contributed by atoms with Crippen molar-refractivity contribution in [1.29, 1.82) is 0 Å². The number of nitrogens with two attached hydrogens (primary N) is 1. The van der Waals surface area contributed by atoms with Crippen LogP contribution in [0, 0.1) is 0 Å². The minimum atomic E-state index is 0. The van der Waals surface area contributed by atoms with Crippen molar-refractivity contribution in [3.05, 3.63) is 12.2 Å². The van der Waals surface area contributed by atoms with Crippen LogP contribution in [0.1, 0.15) is 19.8 Å². The fourth-order valence-corrected chi connectivity index (χ4v) is 1.52. The van der Waals surface area contributed by atoms with E-state index in [-0.39, 0.29) is 36.4 Å². The predicted octanol–water partition coefficient (Wildman–Crippen LogP) is 0.707. The molecule has 98 valence electrons. The second-order valence-electron chi connectivity index (χ2n) is 4.10. The van der Waals surface area contributed by atoms with Gasteiger partial charge in [0.15, 0.2) is 5.96 Å². The topological polar surface area (TPSA) is 70.7 Å². The second-order valence-corrected chi connectivity index (χ2v) is 4.10. The number of likely N-dealkylation sites (tertiary alicyclic amines) is 1. The third-order valence-corrected chi connectivity index (χ3v) is 2.41. The monoisotopic (exact) mass is 352 g/mol. The molecule has 1 rings (SSSR count). The highest BCUT2D eigenvalue weighted by Crippen LogP contribution is 2.06. The van der Waals surface area contributed by atoms with Gasteiger partial charge in [0.2, 0.25) is 5.91 Å². The molecule has 0 unspecified atom stereocenters. The molecule has 0 atom stereocenters. The number of hydrogen-bond donors (Lipinski definition) is 2. The van der Waals surface area contributed by atoms with E-state index in [9.17, 15) is 4.79 Å². The zero-order valence-corrected chi connectivity index (χ0v) is 12.6. The maximum absolute atomic E-state index is 11.6. The van der Waals surface area contributed by atoms with Crippen LogP contribution in [0.4, 0.5) is 0 Å². The first-order valence-corrected chi connectivity index (χ1v) is 5.55. The summed E-state index contributed by atoms with van der Waals surface area (Å²) in [4.78, 5) is 17.4. The number of aliphatic imine (C=N–C) groups is 1. The molecule has 0 spiro atoms. The van der Waals surface area contributed by atoms with Gasteiger partial charge in [-0.25, -0.2) is 4.99 Å². The lowest BCUT2D eigenvalue weighted by molar-refractivity contribution is -0.128. The summed E-state index contributed by atoms with van der Waals surface area (Å²) in [5.41, 5.74) is 6.57. The molecule has 0 radical (unpaired) electrons. The third kappa shape index (κ3) is 6.50. The summed E-state index contributed by atoms with van der Waals surface area (Å²) in [7, 11) is 0. The number of hydrogen-bond acceptors (Lipinski definition) is 2. The van der Waals surface area contributed by atoms with Gasteiger partial charge in [-0.05, 0) is 19.8 Å². The van der Waals surface area contributed by atoms with Gasteiger partial charge in [-0.1, -0.05) is 12.2 Å². The van der Waals surface area contributed by atoms with Gasteiger partial charge in [0.1, 0.15) is 6.54 Å². The van der Waals surface area contributed by atoms with Gasteiger partial charge in [0, 0.05) is 19.6 Å². The lowest BCUT2D eigenvalue weighted by atomic mass is 10.3. The molecule has 1 aliphatic rings. The van der Waals surface area contributed by atoms with Gasteiger partial charge >= 0.3 is 0 Å². The van der Waals surface area contributed by atoms with Crippen LogP contribution in [0.25, 0.3) is 0 Å². The van der Waals surface area contributed by atoms with Crippen LogP contribution >= 0.6 is 24.0 Å².